The van der Waals surface area contributed by atoms with Gasteiger partial charge in [0.05, 0.1) is 17.8 Å². The third kappa shape index (κ3) is 3.73. The number of hydrogen-bond donors (Lipinski definition) is 2. The van der Waals surface area contributed by atoms with Crippen molar-refractivity contribution in [2.24, 2.45) is 5.73 Å². The van der Waals surface area contributed by atoms with Crippen LogP contribution in [0.2, 0.25) is 0 Å². The van der Waals surface area contributed by atoms with Crippen LogP contribution in [0.5, 0.6) is 0 Å². The standard InChI is InChI=1S/C16H22N4O/c1-19-10-12-6-7-15(13(8-12)9-17)20(11-16(18)21)14-4-2-3-5-14/h6-8,14,19H,2-5,10-11H2,1H3,(H2,18,21). The quantitative estimate of drug-likeness (QED) is 0.830. The van der Waals surface area contributed by atoms with E-state index in [4.69, 9.17) is 5.73 Å². The smallest absolute Gasteiger partial charge is 0.236 e. The maximum atomic E-state index is 11.4. The number of anilines is 1. The first-order valence-electron chi connectivity index (χ1n) is 7.38. The summed E-state index contributed by atoms with van der Waals surface area (Å²) in [7, 11) is 1.87. The van der Waals surface area contributed by atoms with Gasteiger partial charge in [-0.05, 0) is 37.6 Å². The summed E-state index contributed by atoms with van der Waals surface area (Å²) in [5, 5.41) is 12.5. The zero-order valence-electron chi connectivity index (χ0n) is 12.4. The Hall–Kier alpha value is -2.06. The summed E-state index contributed by atoms with van der Waals surface area (Å²) in [6.45, 7) is 0.888. The molecule has 1 saturated carbocycles. The molecular weight excluding hydrogens is 264 g/mol. The number of nitrogens with one attached hydrogen (secondary N) is 1. The lowest BCUT2D eigenvalue weighted by atomic mass is 10.1. The summed E-state index contributed by atoms with van der Waals surface area (Å²) in [6, 6.07) is 8.37. The van der Waals surface area contributed by atoms with Crippen LogP contribution in [-0.4, -0.2) is 25.5 Å². The van der Waals surface area contributed by atoms with Gasteiger partial charge in [-0.25, -0.2) is 0 Å². The topological polar surface area (TPSA) is 82.2 Å². The highest BCUT2D eigenvalue weighted by atomic mass is 16.1. The number of hydrogen-bond acceptors (Lipinski definition) is 4. The Bertz CT molecular complexity index is 544. The van der Waals surface area contributed by atoms with E-state index in [0.717, 1.165) is 24.1 Å². The average Bonchev–Trinajstić information content (AvgIpc) is 2.99. The van der Waals surface area contributed by atoms with Crippen molar-refractivity contribution in [2.75, 3.05) is 18.5 Å². The molecule has 1 aliphatic carbocycles. The molecule has 2 rings (SSSR count). The Balaban J connectivity index is 2.34. The SMILES string of the molecule is CNCc1ccc(N(CC(N)=O)C2CCCC2)c(C#N)c1. The second kappa shape index (κ2) is 7.09. The van der Waals surface area contributed by atoms with Crippen LogP contribution < -0.4 is 16.0 Å². The van der Waals surface area contributed by atoms with Gasteiger partial charge in [-0.3, -0.25) is 4.79 Å². The molecule has 1 aromatic carbocycles. The molecule has 0 bridgehead atoms. The number of nitrogens with zero attached hydrogens (tertiary/aromatic N) is 2. The molecule has 5 heteroatoms. The van der Waals surface area contributed by atoms with E-state index < -0.39 is 0 Å². The van der Waals surface area contributed by atoms with E-state index in [2.05, 4.69) is 11.4 Å². The Morgan fingerprint density at radius 2 is 2.19 bits per heavy atom. The van der Waals surface area contributed by atoms with E-state index in [-0.39, 0.29) is 12.5 Å². The Labute approximate surface area is 125 Å². The van der Waals surface area contributed by atoms with Crippen molar-refractivity contribution in [3.8, 4) is 6.07 Å². The second-order valence-corrected chi connectivity index (χ2v) is 5.53. The van der Waals surface area contributed by atoms with E-state index in [1.54, 1.807) is 0 Å². The molecule has 5 nitrogen and oxygen atoms in total. The number of nitrogens with two attached hydrogens (primary N) is 1. The fourth-order valence-electron chi connectivity index (χ4n) is 3.03. The minimum atomic E-state index is -0.356. The monoisotopic (exact) mass is 286 g/mol. The molecule has 0 aromatic heterocycles. The molecule has 0 spiro atoms. The Morgan fingerprint density at radius 1 is 1.48 bits per heavy atom. The summed E-state index contributed by atoms with van der Waals surface area (Å²) >= 11 is 0. The van der Waals surface area contributed by atoms with Crippen LogP contribution in [0.4, 0.5) is 5.69 Å². The summed E-state index contributed by atoms with van der Waals surface area (Å²) in [5.41, 5.74) is 7.88. The number of benzene rings is 1. The van der Waals surface area contributed by atoms with Crippen LogP contribution in [0.1, 0.15) is 36.8 Å². The maximum absolute atomic E-state index is 11.4. The summed E-state index contributed by atoms with van der Waals surface area (Å²) in [5.74, 6) is -0.356. The zero-order chi connectivity index (χ0) is 15.2. The summed E-state index contributed by atoms with van der Waals surface area (Å²) < 4.78 is 0. The van der Waals surface area contributed by atoms with Gasteiger partial charge >= 0.3 is 0 Å². The first kappa shape index (κ1) is 15.3. The molecular formula is C16H22N4O. The van der Waals surface area contributed by atoms with E-state index in [0.29, 0.717) is 18.2 Å². The van der Waals surface area contributed by atoms with E-state index >= 15 is 0 Å². The lowest BCUT2D eigenvalue weighted by molar-refractivity contribution is -0.116. The number of carbonyl (C=O) groups excluding carboxylic acids is 1. The van der Waals surface area contributed by atoms with Crippen molar-refractivity contribution in [3.63, 3.8) is 0 Å². The third-order valence-electron chi connectivity index (χ3n) is 3.96. The average molecular weight is 286 g/mol. The van der Waals surface area contributed by atoms with Crippen LogP contribution >= 0.6 is 0 Å². The highest BCUT2D eigenvalue weighted by Gasteiger charge is 2.25. The van der Waals surface area contributed by atoms with Gasteiger partial charge in [-0.15, -0.1) is 0 Å². The van der Waals surface area contributed by atoms with Crippen LogP contribution in [0.3, 0.4) is 0 Å². The molecule has 3 N–H and O–H groups in total. The third-order valence-corrected chi connectivity index (χ3v) is 3.96. The van der Waals surface area contributed by atoms with Crippen LogP contribution in [0.15, 0.2) is 18.2 Å². The van der Waals surface area contributed by atoms with Gasteiger partial charge in [0.1, 0.15) is 6.07 Å². The number of primary amides is 1. The minimum absolute atomic E-state index is 0.171. The molecule has 0 atom stereocenters. The van der Waals surface area contributed by atoms with Crippen molar-refractivity contribution in [1.82, 2.24) is 5.32 Å². The van der Waals surface area contributed by atoms with Gasteiger partial charge in [-0.2, -0.15) is 5.26 Å². The number of amides is 1. The van der Waals surface area contributed by atoms with E-state index in [1.165, 1.54) is 12.8 Å². The molecule has 1 amide bonds. The first-order valence-corrected chi connectivity index (χ1v) is 7.38. The Kier molecular flexibility index (Phi) is 5.18. The van der Waals surface area contributed by atoms with Crippen LogP contribution in [0.25, 0.3) is 0 Å². The molecule has 21 heavy (non-hydrogen) atoms. The number of rotatable bonds is 6. The van der Waals surface area contributed by atoms with Gasteiger partial charge in [0.2, 0.25) is 5.91 Å². The molecule has 112 valence electrons. The molecule has 0 aliphatic heterocycles. The predicted molar refractivity (Wildman–Crippen MR) is 82.7 cm³/mol. The molecule has 0 radical (unpaired) electrons. The predicted octanol–water partition coefficient (Wildman–Crippen LogP) is 1.51. The van der Waals surface area contributed by atoms with Crippen molar-refractivity contribution in [1.29, 1.82) is 5.26 Å². The minimum Gasteiger partial charge on any atom is -0.368 e. The second-order valence-electron chi connectivity index (χ2n) is 5.53. The molecule has 0 heterocycles. The summed E-state index contributed by atoms with van der Waals surface area (Å²) in [6.07, 6.45) is 4.44. The molecule has 0 unspecified atom stereocenters. The Morgan fingerprint density at radius 3 is 2.76 bits per heavy atom. The van der Waals surface area contributed by atoms with E-state index in [9.17, 15) is 10.1 Å². The van der Waals surface area contributed by atoms with Crippen molar-refractivity contribution in [2.45, 2.75) is 38.3 Å². The van der Waals surface area contributed by atoms with Gasteiger partial charge in [0.15, 0.2) is 0 Å². The largest absolute Gasteiger partial charge is 0.368 e. The first-order chi connectivity index (χ1) is 10.2. The normalized spacial score (nSPS) is 14.9. The van der Waals surface area contributed by atoms with Crippen molar-refractivity contribution >= 4 is 11.6 Å². The van der Waals surface area contributed by atoms with Gasteiger partial charge in [0, 0.05) is 12.6 Å². The van der Waals surface area contributed by atoms with Crippen LogP contribution in [0, 0.1) is 11.3 Å². The van der Waals surface area contributed by atoms with Gasteiger partial charge < -0.3 is 16.0 Å². The molecule has 1 aromatic rings. The lowest BCUT2D eigenvalue weighted by Gasteiger charge is -2.31. The van der Waals surface area contributed by atoms with Gasteiger partial charge in [-0.1, -0.05) is 18.9 Å². The zero-order valence-corrected chi connectivity index (χ0v) is 12.4. The van der Waals surface area contributed by atoms with Crippen molar-refractivity contribution in [3.05, 3.63) is 29.3 Å². The van der Waals surface area contributed by atoms with Gasteiger partial charge in [0.25, 0.3) is 0 Å². The highest BCUT2D eigenvalue weighted by molar-refractivity contribution is 5.80. The number of nitriles is 1. The fraction of sp³-hybridized carbons (Fsp3) is 0.500. The number of carbonyl (C=O) groups is 1. The molecule has 1 fully saturated rings. The van der Waals surface area contributed by atoms with E-state index in [1.807, 2.05) is 30.1 Å². The lowest BCUT2D eigenvalue weighted by Crippen LogP contribution is -2.40. The molecule has 0 saturated heterocycles. The fourth-order valence-corrected chi connectivity index (χ4v) is 3.03. The highest BCUT2D eigenvalue weighted by Crippen LogP contribution is 2.30. The molecule has 1 aliphatic rings. The van der Waals surface area contributed by atoms with Crippen LogP contribution in [-0.2, 0) is 11.3 Å². The maximum Gasteiger partial charge on any atom is 0.236 e. The van der Waals surface area contributed by atoms with Crippen molar-refractivity contribution < 1.29 is 4.79 Å². The summed E-state index contributed by atoms with van der Waals surface area (Å²) in [4.78, 5) is 13.4.